The minimum Gasteiger partial charge on any atom is -1.00 e. The molecule has 1 aliphatic heterocycles. The standard InChI is InChI=1S/C13H15F3O3.C11H13F3O3.C2H5ClO.CH2O3.2K.H/c1-2-10-3-5-11(6-4-10)17-9-12(13(14,15)16)18-7-8-19-12;1-2-8-3-5-9(6-4-8)17-7-10(15,16)11(12,13)14;3-1-2-4;2-1-4-3;;;/h3-6H,2,7-9H2,1H3;3-6,15-16H,2,7H2,1H3;4H,1-2H2;1,3H;;;/q;;;;2*+1;-1/p-1. The third-order valence-corrected chi connectivity index (χ3v) is 5.46. The van der Waals surface area contributed by atoms with Gasteiger partial charge in [0.05, 0.1) is 19.8 Å². The smallest absolute Gasteiger partial charge is 1.00 e. The van der Waals surface area contributed by atoms with Gasteiger partial charge in [0.15, 0.2) is 13.2 Å². The summed E-state index contributed by atoms with van der Waals surface area (Å²) >= 11 is 4.94. The fourth-order valence-electron chi connectivity index (χ4n) is 2.87. The number of ether oxygens (including phenoxy) is 4. The average molecular weight is 747 g/mol. The molecule has 1 heterocycles. The second-order valence-corrected chi connectivity index (χ2v) is 8.82. The van der Waals surface area contributed by atoms with Crippen molar-refractivity contribution >= 4 is 18.1 Å². The number of aliphatic hydroxyl groups is 3. The van der Waals surface area contributed by atoms with E-state index in [4.69, 9.17) is 51.2 Å². The summed E-state index contributed by atoms with van der Waals surface area (Å²) in [5.74, 6) is -5.62. The molecule has 0 spiro atoms. The molecule has 0 aromatic heterocycles. The van der Waals surface area contributed by atoms with Crippen molar-refractivity contribution in [3.63, 3.8) is 0 Å². The topological polar surface area (TPSA) is 147 Å². The number of halogens is 7. The van der Waals surface area contributed by atoms with Crippen LogP contribution in [0.25, 0.3) is 0 Å². The van der Waals surface area contributed by atoms with E-state index in [2.05, 4.69) is 9.62 Å². The molecule has 0 atom stereocenters. The van der Waals surface area contributed by atoms with Crippen molar-refractivity contribution in [2.24, 2.45) is 0 Å². The maximum absolute atomic E-state index is 12.9. The van der Waals surface area contributed by atoms with Gasteiger partial charge in [0.1, 0.15) is 11.5 Å². The number of rotatable bonds is 10. The van der Waals surface area contributed by atoms with Crippen molar-refractivity contribution in [3.8, 4) is 11.5 Å². The van der Waals surface area contributed by atoms with Crippen molar-refractivity contribution in [2.45, 2.75) is 50.6 Å². The maximum atomic E-state index is 12.9. The Labute approximate surface area is 353 Å². The average Bonchev–Trinajstić information content (AvgIpc) is 3.50. The van der Waals surface area contributed by atoms with Crippen LogP contribution in [0.2, 0.25) is 0 Å². The van der Waals surface area contributed by atoms with Crippen LogP contribution in [0.5, 0.6) is 11.5 Å². The number of aliphatic hydroxyl groups excluding tert-OH is 1. The van der Waals surface area contributed by atoms with Gasteiger partial charge in [-0.2, -0.15) is 26.3 Å². The minimum atomic E-state index is -5.14. The molecule has 2 aromatic rings. The van der Waals surface area contributed by atoms with Crippen LogP contribution in [-0.2, 0) is 32.0 Å². The van der Waals surface area contributed by atoms with Gasteiger partial charge in [-0.05, 0) is 48.2 Å². The van der Waals surface area contributed by atoms with Crippen LogP contribution in [0.15, 0.2) is 48.5 Å². The van der Waals surface area contributed by atoms with Gasteiger partial charge in [-0.1, -0.05) is 38.1 Å². The minimum absolute atomic E-state index is 0. The Bertz CT molecular complexity index is 1050. The van der Waals surface area contributed by atoms with Gasteiger partial charge in [0.25, 0.3) is 12.3 Å². The number of benzene rings is 2. The van der Waals surface area contributed by atoms with E-state index in [1.54, 1.807) is 24.3 Å². The molecule has 46 heavy (non-hydrogen) atoms. The molecule has 0 bridgehead atoms. The molecule has 3 rings (SSSR count). The first-order valence-electron chi connectivity index (χ1n) is 12.7. The Balaban J connectivity index is -0.000000305. The third-order valence-electron chi connectivity index (χ3n) is 5.30. The fourth-order valence-corrected chi connectivity index (χ4v) is 2.87. The fraction of sp³-hybridized carbons (Fsp3) is 0.519. The van der Waals surface area contributed by atoms with Crippen LogP contribution in [0.1, 0.15) is 26.4 Å². The van der Waals surface area contributed by atoms with E-state index >= 15 is 0 Å². The summed E-state index contributed by atoms with van der Waals surface area (Å²) in [4.78, 5) is 11.2. The SMILES string of the molecule is CCc1ccc(OCC(O)(O)C(F)(F)F)cc1.CCc1ccc(OCC2(C(F)(F)F)OCCO2)cc1.O=CO[O-].OCCCl.[H-].[K+].[K+]. The Kier molecular flexibility index (Phi) is 29.0. The van der Waals surface area contributed by atoms with E-state index in [1.165, 1.54) is 12.1 Å². The van der Waals surface area contributed by atoms with Crippen molar-refractivity contribution < 1.29 is 180 Å². The number of hydrogen-bond acceptors (Lipinski definition) is 10. The van der Waals surface area contributed by atoms with Crippen LogP contribution >= 0.6 is 11.6 Å². The van der Waals surface area contributed by atoms with Gasteiger partial charge in [-0.15, -0.1) is 11.6 Å². The van der Waals surface area contributed by atoms with Crippen molar-refractivity contribution in [1.29, 1.82) is 0 Å². The summed E-state index contributed by atoms with van der Waals surface area (Å²) in [5, 5.41) is 33.6. The van der Waals surface area contributed by atoms with E-state index in [0.29, 0.717) is 11.6 Å². The summed E-state index contributed by atoms with van der Waals surface area (Å²) in [7, 11) is 0. The molecular formula is C27H35ClF6K2O10. The first-order valence-corrected chi connectivity index (χ1v) is 13.3. The summed E-state index contributed by atoms with van der Waals surface area (Å²) in [6.07, 6.45) is -8.10. The number of carbonyl (C=O) groups is 1. The van der Waals surface area contributed by atoms with Crippen LogP contribution < -0.4 is 118 Å². The summed E-state index contributed by atoms with van der Waals surface area (Å²) in [6.45, 7) is 1.70. The Hall–Kier alpha value is 0.413. The summed E-state index contributed by atoms with van der Waals surface area (Å²) in [6, 6.07) is 13.2. The molecule has 19 heteroatoms. The molecule has 0 amide bonds. The van der Waals surface area contributed by atoms with Crippen LogP contribution in [0, 0.1) is 0 Å². The van der Waals surface area contributed by atoms with Gasteiger partial charge >= 0.3 is 121 Å². The molecule has 1 saturated heterocycles. The van der Waals surface area contributed by atoms with E-state index in [-0.39, 0.29) is 136 Å². The van der Waals surface area contributed by atoms with Gasteiger partial charge in [-0.3, -0.25) is 4.79 Å². The predicted molar refractivity (Wildman–Crippen MR) is 143 cm³/mol. The monoisotopic (exact) mass is 746 g/mol. The largest absolute Gasteiger partial charge is 1.00 e. The molecule has 0 unspecified atom stereocenters. The maximum Gasteiger partial charge on any atom is 1.00 e. The molecule has 0 radical (unpaired) electrons. The summed E-state index contributed by atoms with van der Waals surface area (Å²) in [5.41, 5.74) is 2.10. The van der Waals surface area contributed by atoms with E-state index in [1.807, 2.05) is 26.0 Å². The predicted octanol–water partition coefficient (Wildman–Crippen LogP) is -2.42. The Morgan fingerprint density at radius 3 is 1.54 bits per heavy atom. The molecule has 254 valence electrons. The Morgan fingerprint density at radius 1 is 0.891 bits per heavy atom. The van der Waals surface area contributed by atoms with E-state index in [9.17, 15) is 26.3 Å². The third kappa shape index (κ3) is 19.6. The quantitative estimate of drug-likeness (QED) is 0.0457. The van der Waals surface area contributed by atoms with Gasteiger partial charge in [0.2, 0.25) is 0 Å². The normalized spacial score (nSPS) is 13.4. The number of alkyl halides is 7. The zero-order valence-corrected chi connectivity index (χ0v) is 32.7. The number of carbonyl (C=O) groups excluding carboxylic acids is 1. The first-order chi connectivity index (χ1) is 20.6. The zero-order valence-electron chi connectivity index (χ0n) is 26.7. The van der Waals surface area contributed by atoms with Crippen molar-refractivity contribution in [1.82, 2.24) is 0 Å². The molecule has 10 nitrogen and oxygen atoms in total. The van der Waals surface area contributed by atoms with E-state index < -0.39 is 37.1 Å². The molecule has 0 aliphatic carbocycles. The molecule has 3 N–H and O–H groups in total. The molecule has 0 saturated carbocycles. The van der Waals surface area contributed by atoms with E-state index in [0.717, 1.165) is 24.0 Å². The second-order valence-electron chi connectivity index (χ2n) is 8.44. The van der Waals surface area contributed by atoms with Gasteiger partial charge < -0.3 is 45.8 Å². The van der Waals surface area contributed by atoms with Gasteiger partial charge in [0, 0.05) is 5.88 Å². The van der Waals surface area contributed by atoms with Gasteiger partial charge in [-0.25, -0.2) is 0 Å². The molecule has 1 fully saturated rings. The number of aryl methyl sites for hydroxylation is 2. The van der Waals surface area contributed by atoms with Crippen molar-refractivity contribution in [3.05, 3.63) is 59.7 Å². The van der Waals surface area contributed by atoms with Crippen LogP contribution in [0.4, 0.5) is 26.3 Å². The van der Waals surface area contributed by atoms with Crippen LogP contribution in [0.3, 0.4) is 0 Å². The van der Waals surface area contributed by atoms with Crippen molar-refractivity contribution in [2.75, 3.05) is 38.9 Å². The molecule has 1 aliphatic rings. The zero-order chi connectivity index (χ0) is 33.9. The summed E-state index contributed by atoms with van der Waals surface area (Å²) < 4.78 is 94.2. The first kappa shape index (κ1) is 50.8. The second kappa shape index (κ2) is 26.3. The Morgan fingerprint density at radius 2 is 1.26 bits per heavy atom. The number of hydrogen-bond donors (Lipinski definition) is 3. The van der Waals surface area contributed by atoms with Crippen LogP contribution in [-0.4, -0.2) is 84.6 Å². The molecular weight excluding hydrogens is 712 g/mol. The molecule has 2 aromatic carbocycles.